The summed E-state index contributed by atoms with van der Waals surface area (Å²) in [6, 6.07) is 22.8. The van der Waals surface area contributed by atoms with E-state index in [1.54, 1.807) is 30.3 Å². The van der Waals surface area contributed by atoms with Crippen molar-refractivity contribution in [2.24, 2.45) is 0 Å². The van der Waals surface area contributed by atoms with Crippen molar-refractivity contribution in [1.82, 2.24) is 0 Å². The minimum Gasteiger partial charge on any atom is -0.507 e. The number of Topliss-reactive ketones (excluding diaryl/α,β-unsaturated/α-hetero) is 1. The van der Waals surface area contributed by atoms with Crippen LogP contribution >= 0.6 is 0 Å². The lowest BCUT2D eigenvalue weighted by molar-refractivity contribution is -0.132. The Hall–Kier alpha value is -3.86. The van der Waals surface area contributed by atoms with E-state index in [2.05, 4.69) is 0 Å². The molecule has 3 aromatic rings. The molecule has 0 aliphatic carbocycles. The van der Waals surface area contributed by atoms with E-state index in [9.17, 15) is 14.7 Å². The molecule has 150 valence electrons. The second-order valence-corrected chi connectivity index (χ2v) is 7.07. The Morgan fingerprint density at radius 3 is 2.23 bits per heavy atom. The summed E-state index contributed by atoms with van der Waals surface area (Å²) in [6.45, 7) is 1.89. The molecule has 1 unspecified atom stereocenters. The molecule has 0 spiro atoms. The van der Waals surface area contributed by atoms with Gasteiger partial charge in [0.1, 0.15) is 11.5 Å². The van der Waals surface area contributed by atoms with Gasteiger partial charge in [0, 0.05) is 5.69 Å². The van der Waals surface area contributed by atoms with Crippen molar-refractivity contribution in [2.75, 3.05) is 12.0 Å². The van der Waals surface area contributed by atoms with Crippen LogP contribution in [0.2, 0.25) is 0 Å². The van der Waals surface area contributed by atoms with Crippen molar-refractivity contribution in [3.63, 3.8) is 0 Å². The molecule has 1 aliphatic heterocycles. The van der Waals surface area contributed by atoms with Gasteiger partial charge in [-0.3, -0.25) is 14.5 Å². The van der Waals surface area contributed by atoms with E-state index in [-0.39, 0.29) is 11.3 Å². The number of para-hydroxylation sites is 2. The van der Waals surface area contributed by atoms with Crippen LogP contribution in [0.4, 0.5) is 5.69 Å². The molecule has 1 N–H and O–H groups in total. The summed E-state index contributed by atoms with van der Waals surface area (Å²) in [5.41, 5.74) is 2.63. The predicted octanol–water partition coefficient (Wildman–Crippen LogP) is 4.63. The summed E-state index contributed by atoms with van der Waals surface area (Å²) >= 11 is 0. The second kappa shape index (κ2) is 7.87. The van der Waals surface area contributed by atoms with Gasteiger partial charge >= 0.3 is 0 Å². The molecule has 30 heavy (non-hydrogen) atoms. The average Bonchev–Trinajstić information content (AvgIpc) is 3.05. The van der Waals surface area contributed by atoms with Crippen LogP contribution in [-0.4, -0.2) is 23.9 Å². The molecule has 1 atom stereocenters. The Balaban J connectivity index is 1.99. The van der Waals surface area contributed by atoms with Gasteiger partial charge in [-0.15, -0.1) is 0 Å². The molecule has 5 nitrogen and oxygen atoms in total. The largest absolute Gasteiger partial charge is 0.507 e. The van der Waals surface area contributed by atoms with Gasteiger partial charge in [-0.25, -0.2) is 0 Å². The highest BCUT2D eigenvalue weighted by Crippen LogP contribution is 2.43. The number of hydrogen-bond acceptors (Lipinski definition) is 4. The molecule has 3 aromatic carbocycles. The minimum atomic E-state index is -0.753. The number of carbonyl (C=O) groups is 2. The number of anilines is 1. The van der Waals surface area contributed by atoms with Crippen molar-refractivity contribution in [2.45, 2.75) is 13.0 Å². The van der Waals surface area contributed by atoms with Gasteiger partial charge in [0.15, 0.2) is 0 Å². The lowest BCUT2D eigenvalue weighted by Gasteiger charge is -2.26. The first-order valence-electron chi connectivity index (χ1n) is 9.59. The molecule has 4 rings (SSSR count). The van der Waals surface area contributed by atoms with Crippen LogP contribution < -0.4 is 9.64 Å². The number of methoxy groups -OCH3 is 1. The van der Waals surface area contributed by atoms with E-state index in [0.29, 0.717) is 17.0 Å². The number of benzene rings is 3. The molecular weight excluding hydrogens is 378 g/mol. The van der Waals surface area contributed by atoms with Crippen molar-refractivity contribution in [3.8, 4) is 5.75 Å². The van der Waals surface area contributed by atoms with Gasteiger partial charge in [0.2, 0.25) is 0 Å². The van der Waals surface area contributed by atoms with E-state index in [4.69, 9.17) is 4.74 Å². The molecular formula is C25H21NO4. The first kappa shape index (κ1) is 19.5. The van der Waals surface area contributed by atoms with E-state index in [0.717, 1.165) is 11.1 Å². The van der Waals surface area contributed by atoms with Crippen LogP contribution in [-0.2, 0) is 9.59 Å². The van der Waals surface area contributed by atoms with Gasteiger partial charge in [-0.2, -0.15) is 0 Å². The van der Waals surface area contributed by atoms with E-state index < -0.39 is 17.7 Å². The van der Waals surface area contributed by atoms with Crippen LogP contribution in [0.15, 0.2) is 84.4 Å². The summed E-state index contributed by atoms with van der Waals surface area (Å²) in [6.07, 6.45) is 0. The highest BCUT2D eigenvalue weighted by atomic mass is 16.5. The number of amides is 1. The van der Waals surface area contributed by atoms with E-state index in [1.165, 1.54) is 12.0 Å². The summed E-state index contributed by atoms with van der Waals surface area (Å²) < 4.78 is 5.36. The SMILES string of the molecule is COc1ccccc1/C(O)=C1/C(=O)C(=O)N(c2ccccc2C)C1c1ccccc1. The monoisotopic (exact) mass is 399 g/mol. The zero-order valence-electron chi connectivity index (χ0n) is 16.7. The molecule has 0 saturated carbocycles. The molecule has 1 aliphatic rings. The fourth-order valence-corrected chi connectivity index (χ4v) is 3.85. The molecule has 0 radical (unpaired) electrons. The van der Waals surface area contributed by atoms with Crippen LogP contribution in [0.5, 0.6) is 5.75 Å². The fraction of sp³-hybridized carbons (Fsp3) is 0.120. The molecule has 0 bridgehead atoms. The average molecular weight is 399 g/mol. The van der Waals surface area contributed by atoms with E-state index in [1.807, 2.05) is 55.5 Å². The van der Waals surface area contributed by atoms with Crippen LogP contribution in [0.3, 0.4) is 0 Å². The summed E-state index contributed by atoms with van der Waals surface area (Å²) in [4.78, 5) is 27.8. The first-order chi connectivity index (χ1) is 14.5. The number of rotatable bonds is 4. The Labute approximate surface area is 174 Å². The van der Waals surface area contributed by atoms with E-state index >= 15 is 0 Å². The number of ether oxygens (including phenoxy) is 1. The van der Waals surface area contributed by atoms with Gasteiger partial charge in [0.05, 0.1) is 24.3 Å². The van der Waals surface area contributed by atoms with Crippen molar-refractivity contribution >= 4 is 23.1 Å². The number of aliphatic hydroxyl groups excluding tert-OH is 1. The van der Waals surface area contributed by atoms with Gasteiger partial charge < -0.3 is 9.84 Å². The number of hydrogen-bond donors (Lipinski definition) is 1. The van der Waals surface area contributed by atoms with Crippen LogP contribution in [0, 0.1) is 6.92 Å². The van der Waals surface area contributed by atoms with Crippen LogP contribution in [0.25, 0.3) is 5.76 Å². The van der Waals surface area contributed by atoms with Crippen molar-refractivity contribution < 1.29 is 19.4 Å². The first-order valence-corrected chi connectivity index (χ1v) is 9.59. The number of aliphatic hydroxyl groups is 1. The normalized spacial score (nSPS) is 17.9. The Morgan fingerprint density at radius 1 is 0.900 bits per heavy atom. The fourth-order valence-electron chi connectivity index (χ4n) is 3.85. The van der Waals surface area contributed by atoms with Gasteiger partial charge in [-0.05, 0) is 36.2 Å². The highest BCUT2D eigenvalue weighted by molar-refractivity contribution is 6.51. The summed E-state index contributed by atoms with van der Waals surface area (Å²) in [5.74, 6) is -1.23. The zero-order valence-corrected chi connectivity index (χ0v) is 16.7. The maximum Gasteiger partial charge on any atom is 0.300 e. The maximum absolute atomic E-state index is 13.1. The Morgan fingerprint density at radius 2 is 1.53 bits per heavy atom. The third kappa shape index (κ3) is 3.14. The molecule has 1 saturated heterocycles. The van der Waals surface area contributed by atoms with Gasteiger partial charge in [0.25, 0.3) is 11.7 Å². The third-order valence-electron chi connectivity index (χ3n) is 5.30. The quantitative estimate of drug-likeness (QED) is 0.395. The topological polar surface area (TPSA) is 66.8 Å². The van der Waals surface area contributed by atoms with Crippen molar-refractivity contribution in [3.05, 3.63) is 101 Å². The third-order valence-corrected chi connectivity index (χ3v) is 5.30. The predicted molar refractivity (Wildman–Crippen MR) is 115 cm³/mol. The van der Waals surface area contributed by atoms with Crippen LogP contribution in [0.1, 0.15) is 22.7 Å². The lowest BCUT2D eigenvalue weighted by Crippen LogP contribution is -2.30. The molecule has 5 heteroatoms. The highest BCUT2D eigenvalue weighted by Gasteiger charge is 2.47. The van der Waals surface area contributed by atoms with Crippen molar-refractivity contribution in [1.29, 1.82) is 0 Å². The molecule has 0 aromatic heterocycles. The Bertz CT molecular complexity index is 1150. The minimum absolute atomic E-state index is 0.0407. The number of aryl methyl sites for hydroxylation is 1. The Kier molecular flexibility index (Phi) is 5.11. The standard InChI is InChI=1S/C25H21NO4/c1-16-10-6-8-14-19(16)26-22(17-11-4-3-5-12-17)21(24(28)25(26)29)23(27)18-13-7-9-15-20(18)30-2/h3-15,22,27H,1-2H3/b23-21-. The molecule has 1 amide bonds. The molecule has 1 fully saturated rings. The lowest BCUT2D eigenvalue weighted by atomic mass is 9.94. The second-order valence-electron chi connectivity index (χ2n) is 7.07. The maximum atomic E-state index is 13.1. The number of carbonyl (C=O) groups excluding carboxylic acids is 2. The number of ketones is 1. The zero-order chi connectivity index (χ0) is 21.3. The number of nitrogens with zero attached hydrogens (tertiary/aromatic N) is 1. The molecule has 1 heterocycles. The summed E-state index contributed by atoms with van der Waals surface area (Å²) in [7, 11) is 1.49. The van der Waals surface area contributed by atoms with Gasteiger partial charge in [-0.1, -0.05) is 60.7 Å². The smallest absolute Gasteiger partial charge is 0.300 e. The summed E-state index contributed by atoms with van der Waals surface area (Å²) in [5, 5.41) is 11.2.